The lowest BCUT2D eigenvalue weighted by Gasteiger charge is -2.13. The third-order valence-electron chi connectivity index (χ3n) is 3.57. The summed E-state index contributed by atoms with van der Waals surface area (Å²) in [4.78, 5) is 35.1. The molecule has 0 spiro atoms. The third-order valence-corrected chi connectivity index (χ3v) is 3.87. The molecule has 0 aliphatic heterocycles. The zero-order chi connectivity index (χ0) is 20.2. The van der Waals surface area contributed by atoms with E-state index < -0.39 is 29.3 Å². The number of halogens is 4. The second kappa shape index (κ2) is 8.21. The lowest BCUT2D eigenvalue weighted by Crippen LogP contribution is -2.21. The number of aromatic amines is 1. The number of oxime groups is 1. The summed E-state index contributed by atoms with van der Waals surface area (Å²) in [6.45, 7) is 1.46. The molecule has 144 valence electrons. The van der Waals surface area contributed by atoms with Crippen molar-refractivity contribution < 1.29 is 27.6 Å². The number of alkyl halides is 3. The van der Waals surface area contributed by atoms with E-state index in [2.05, 4.69) is 25.3 Å². The average molecular weight is 403 g/mol. The van der Waals surface area contributed by atoms with E-state index in [0.29, 0.717) is 6.20 Å². The molecule has 2 aromatic heterocycles. The predicted octanol–water partition coefficient (Wildman–Crippen LogP) is 3.39. The number of H-pyrrole nitrogens is 1. The summed E-state index contributed by atoms with van der Waals surface area (Å²) in [6, 6.07) is 2.02. The fourth-order valence-electron chi connectivity index (χ4n) is 2.18. The lowest BCUT2D eigenvalue weighted by molar-refractivity contribution is -0.137. The van der Waals surface area contributed by atoms with Crippen LogP contribution >= 0.6 is 11.6 Å². The van der Waals surface area contributed by atoms with Gasteiger partial charge < -0.3 is 15.1 Å². The van der Waals surface area contributed by atoms with E-state index in [-0.39, 0.29) is 22.0 Å². The van der Waals surface area contributed by atoms with Crippen LogP contribution in [0.5, 0.6) is 0 Å². The molecule has 0 aromatic carbocycles. The average Bonchev–Trinajstić information content (AvgIpc) is 3.10. The molecule has 27 heavy (non-hydrogen) atoms. The number of ketones is 1. The van der Waals surface area contributed by atoms with Gasteiger partial charge in [-0.1, -0.05) is 16.8 Å². The monoisotopic (exact) mass is 402 g/mol. The van der Waals surface area contributed by atoms with Crippen LogP contribution in [0, 0.1) is 0 Å². The van der Waals surface area contributed by atoms with Crippen molar-refractivity contribution in [3.05, 3.63) is 52.1 Å². The smallest absolute Gasteiger partial charge is 0.398 e. The highest BCUT2D eigenvalue weighted by molar-refractivity contribution is 6.31. The first-order chi connectivity index (χ1) is 12.6. The van der Waals surface area contributed by atoms with Crippen molar-refractivity contribution in [1.82, 2.24) is 15.3 Å². The number of nitrogens with zero attached hydrogens (tertiary/aromatic N) is 2. The van der Waals surface area contributed by atoms with Crippen LogP contribution in [0.3, 0.4) is 0 Å². The van der Waals surface area contributed by atoms with E-state index in [4.69, 9.17) is 11.6 Å². The summed E-state index contributed by atoms with van der Waals surface area (Å²) < 4.78 is 38.1. The molecular formula is C16H14ClF3N4O3. The van der Waals surface area contributed by atoms with Crippen LogP contribution in [0.4, 0.5) is 13.2 Å². The van der Waals surface area contributed by atoms with E-state index in [1.165, 1.54) is 26.3 Å². The molecule has 0 radical (unpaired) electrons. The largest absolute Gasteiger partial charge is 0.417 e. The first-order valence-corrected chi connectivity index (χ1v) is 7.84. The Labute approximate surface area is 156 Å². The molecule has 7 nitrogen and oxygen atoms in total. The van der Waals surface area contributed by atoms with Crippen LogP contribution in [-0.2, 0) is 11.0 Å². The minimum Gasteiger partial charge on any atom is -0.398 e. The Morgan fingerprint density at radius 1 is 1.41 bits per heavy atom. The van der Waals surface area contributed by atoms with Gasteiger partial charge in [0.1, 0.15) is 19.1 Å². The molecule has 2 aromatic rings. The van der Waals surface area contributed by atoms with Crippen LogP contribution in [0.1, 0.15) is 44.9 Å². The molecule has 0 fully saturated rings. The van der Waals surface area contributed by atoms with Gasteiger partial charge in [-0.05, 0) is 19.1 Å². The zero-order valence-electron chi connectivity index (χ0n) is 14.1. The van der Waals surface area contributed by atoms with Gasteiger partial charge in [-0.3, -0.25) is 14.6 Å². The number of pyridine rings is 1. The van der Waals surface area contributed by atoms with E-state index in [9.17, 15) is 22.8 Å². The van der Waals surface area contributed by atoms with Crippen LogP contribution in [0.15, 0.2) is 29.7 Å². The molecule has 2 N–H and O–H groups in total. The lowest BCUT2D eigenvalue weighted by atomic mass is 9.97. The third kappa shape index (κ3) is 4.85. The minimum absolute atomic E-state index is 0.00842. The van der Waals surface area contributed by atoms with Gasteiger partial charge in [-0.25, -0.2) is 0 Å². The molecule has 0 aliphatic rings. The standard InChI is InChI=1S/C16H14ClF3N4O3/c1-8(13-11(17)4-10(6-22-13)16(18,19)20)14(25)9-3-12(21-5-9)15(26)23-7-24-27-2/h3-8,21H,1-2H3,(H,23,24,26). The number of carbonyl (C=O) groups is 2. The number of nitrogens with one attached hydrogen (secondary N) is 2. The van der Waals surface area contributed by atoms with Gasteiger partial charge in [-0.2, -0.15) is 13.2 Å². The molecule has 0 saturated heterocycles. The van der Waals surface area contributed by atoms with Crippen LogP contribution in [0.25, 0.3) is 0 Å². The predicted molar refractivity (Wildman–Crippen MR) is 90.8 cm³/mol. The molecule has 1 atom stereocenters. The molecule has 1 unspecified atom stereocenters. The minimum atomic E-state index is -4.59. The summed E-state index contributed by atoms with van der Waals surface area (Å²) in [5.74, 6) is -1.94. The van der Waals surface area contributed by atoms with E-state index in [1.807, 2.05) is 0 Å². The summed E-state index contributed by atoms with van der Waals surface area (Å²) in [6.07, 6.45) is -1.63. The first kappa shape index (κ1) is 20.4. The van der Waals surface area contributed by atoms with Gasteiger partial charge in [0, 0.05) is 18.0 Å². The van der Waals surface area contributed by atoms with Crippen molar-refractivity contribution in [2.75, 3.05) is 7.11 Å². The quantitative estimate of drug-likeness (QED) is 0.335. The maximum absolute atomic E-state index is 12.7. The van der Waals surface area contributed by atoms with Gasteiger partial charge >= 0.3 is 6.18 Å². The first-order valence-electron chi connectivity index (χ1n) is 7.46. The summed E-state index contributed by atoms with van der Waals surface area (Å²) in [5, 5.41) is 5.38. The van der Waals surface area contributed by atoms with Gasteiger partial charge in [0.25, 0.3) is 5.91 Å². The Hall–Kier alpha value is -2.88. The SMILES string of the molecule is CO/N=C/NC(=O)c1cc(C(=O)C(C)c2ncc(C(F)(F)F)cc2Cl)c[nH]1. The normalized spacial score (nSPS) is 12.8. The number of carbonyl (C=O) groups excluding carboxylic acids is 2. The maximum Gasteiger partial charge on any atom is 0.417 e. The van der Waals surface area contributed by atoms with Gasteiger partial charge in [0.15, 0.2) is 5.78 Å². The van der Waals surface area contributed by atoms with Gasteiger partial charge in [0.05, 0.1) is 22.2 Å². The fourth-order valence-corrected chi connectivity index (χ4v) is 2.51. The number of amides is 1. The molecular weight excluding hydrogens is 389 g/mol. The highest BCUT2D eigenvalue weighted by Gasteiger charge is 2.32. The second-order valence-corrected chi connectivity index (χ2v) is 5.77. The number of rotatable bonds is 6. The highest BCUT2D eigenvalue weighted by Crippen LogP contribution is 2.33. The molecule has 0 bridgehead atoms. The van der Waals surface area contributed by atoms with Crippen molar-refractivity contribution in [3.63, 3.8) is 0 Å². The number of hydrogen-bond donors (Lipinski definition) is 2. The molecule has 0 saturated carbocycles. The Kier molecular flexibility index (Phi) is 6.21. The van der Waals surface area contributed by atoms with Crippen molar-refractivity contribution in [3.8, 4) is 0 Å². The molecule has 1 amide bonds. The number of aromatic nitrogens is 2. The number of Topliss-reactive ketones (excluding diaryl/α,β-unsaturated/α-hetero) is 1. The van der Waals surface area contributed by atoms with E-state index in [1.54, 1.807) is 0 Å². The highest BCUT2D eigenvalue weighted by atomic mass is 35.5. The number of hydrogen-bond acceptors (Lipinski definition) is 5. The molecule has 2 rings (SSSR count). The summed E-state index contributed by atoms with van der Waals surface area (Å²) in [5.41, 5.74) is -0.767. The van der Waals surface area contributed by atoms with Gasteiger partial charge in [0.2, 0.25) is 0 Å². The van der Waals surface area contributed by atoms with E-state index >= 15 is 0 Å². The van der Waals surface area contributed by atoms with Crippen LogP contribution in [0.2, 0.25) is 5.02 Å². The van der Waals surface area contributed by atoms with Crippen molar-refractivity contribution in [2.45, 2.75) is 19.0 Å². The van der Waals surface area contributed by atoms with E-state index in [0.717, 1.165) is 12.4 Å². The zero-order valence-corrected chi connectivity index (χ0v) is 14.9. The Bertz CT molecular complexity index is 880. The molecule has 0 aliphatic carbocycles. The van der Waals surface area contributed by atoms with Crippen LogP contribution in [-0.4, -0.2) is 35.1 Å². The Morgan fingerprint density at radius 3 is 2.70 bits per heavy atom. The topological polar surface area (TPSA) is 96.4 Å². The van der Waals surface area contributed by atoms with Crippen molar-refractivity contribution in [1.29, 1.82) is 0 Å². The Morgan fingerprint density at radius 2 is 2.11 bits per heavy atom. The Balaban J connectivity index is 2.18. The summed E-state index contributed by atoms with van der Waals surface area (Å²) >= 11 is 5.88. The van der Waals surface area contributed by atoms with Crippen molar-refractivity contribution >= 4 is 29.6 Å². The second-order valence-electron chi connectivity index (χ2n) is 5.37. The fraction of sp³-hybridized carbons (Fsp3) is 0.250. The van der Waals surface area contributed by atoms with Crippen LogP contribution < -0.4 is 5.32 Å². The molecule has 2 heterocycles. The maximum atomic E-state index is 12.7. The summed E-state index contributed by atoms with van der Waals surface area (Å²) in [7, 11) is 1.30. The van der Waals surface area contributed by atoms with Crippen molar-refractivity contribution in [2.24, 2.45) is 5.16 Å². The molecule has 11 heteroatoms. The van der Waals surface area contributed by atoms with Gasteiger partial charge in [-0.15, -0.1) is 0 Å².